The average Bonchev–Trinajstić information content (AvgIpc) is 3.42. The Kier molecular flexibility index (Phi) is 5.93. The number of carbonyl (C=O) groups is 1. The molecule has 32 heavy (non-hydrogen) atoms. The summed E-state index contributed by atoms with van der Waals surface area (Å²) >= 11 is 0. The number of rotatable bonds is 7. The van der Waals surface area contributed by atoms with E-state index in [0.717, 1.165) is 16.9 Å². The molecule has 164 valence electrons. The van der Waals surface area contributed by atoms with Crippen LogP contribution in [0.3, 0.4) is 0 Å². The first kappa shape index (κ1) is 21.2. The van der Waals surface area contributed by atoms with Crippen LogP contribution in [0.1, 0.15) is 33.5 Å². The minimum Gasteiger partial charge on any atom is -0.497 e. The summed E-state index contributed by atoms with van der Waals surface area (Å²) < 4.78 is 14.5. The molecule has 4 rings (SSSR count). The van der Waals surface area contributed by atoms with Crippen LogP contribution in [0, 0.1) is 6.92 Å². The van der Waals surface area contributed by atoms with Crippen molar-refractivity contribution < 1.29 is 14.3 Å². The van der Waals surface area contributed by atoms with Gasteiger partial charge in [-0.25, -0.2) is 9.67 Å². The SMILES string of the molecule is COc1cc(OC)cc(C(NC(=O)c2cnn(-c3ccccc3)c2C)c2nccn2C)c1. The third kappa shape index (κ3) is 4.07. The number of ether oxygens (including phenoxy) is 2. The van der Waals surface area contributed by atoms with Crippen LogP contribution in [0.2, 0.25) is 0 Å². The molecule has 2 aromatic carbocycles. The van der Waals surface area contributed by atoms with E-state index in [1.165, 1.54) is 0 Å². The van der Waals surface area contributed by atoms with Crippen LogP contribution in [0.4, 0.5) is 0 Å². The second-order valence-electron chi connectivity index (χ2n) is 7.34. The highest BCUT2D eigenvalue weighted by Gasteiger charge is 2.25. The molecule has 1 unspecified atom stereocenters. The summed E-state index contributed by atoms with van der Waals surface area (Å²) in [6.45, 7) is 1.87. The van der Waals surface area contributed by atoms with E-state index in [4.69, 9.17) is 9.47 Å². The first-order valence-electron chi connectivity index (χ1n) is 10.1. The zero-order chi connectivity index (χ0) is 22.7. The summed E-state index contributed by atoms with van der Waals surface area (Å²) in [6, 6.07) is 14.7. The monoisotopic (exact) mass is 431 g/mol. The zero-order valence-electron chi connectivity index (χ0n) is 18.4. The molecule has 0 aliphatic carbocycles. The third-order valence-electron chi connectivity index (χ3n) is 5.35. The lowest BCUT2D eigenvalue weighted by Crippen LogP contribution is -2.31. The molecule has 2 aromatic heterocycles. The van der Waals surface area contributed by atoms with Crippen molar-refractivity contribution in [1.29, 1.82) is 0 Å². The molecule has 0 aliphatic rings. The Balaban J connectivity index is 1.71. The molecule has 0 bridgehead atoms. The lowest BCUT2D eigenvalue weighted by molar-refractivity contribution is 0.0940. The first-order valence-corrected chi connectivity index (χ1v) is 10.1. The number of imidazole rings is 1. The molecular formula is C24H25N5O3. The molecular weight excluding hydrogens is 406 g/mol. The van der Waals surface area contributed by atoms with Gasteiger partial charge in [0.05, 0.1) is 37.4 Å². The largest absolute Gasteiger partial charge is 0.497 e. The standard InChI is InChI=1S/C24H25N5O3/c1-16-21(15-26-29(16)18-8-6-5-7-9-18)24(30)27-22(23-25-10-11-28(23)2)17-12-19(31-3)14-20(13-17)32-4/h5-15,22H,1-4H3,(H,27,30). The van der Waals surface area contributed by atoms with Gasteiger partial charge in [-0.1, -0.05) is 18.2 Å². The number of nitrogens with zero attached hydrogens (tertiary/aromatic N) is 4. The normalized spacial score (nSPS) is 11.8. The van der Waals surface area contributed by atoms with E-state index in [9.17, 15) is 4.79 Å². The summed E-state index contributed by atoms with van der Waals surface area (Å²) in [6.07, 6.45) is 5.12. The maximum Gasteiger partial charge on any atom is 0.255 e. The van der Waals surface area contributed by atoms with Gasteiger partial charge in [-0.15, -0.1) is 0 Å². The maximum atomic E-state index is 13.3. The van der Waals surface area contributed by atoms with Gasteiger partial charge in [0.1, 0.15) is 23.4 Å². The van der Waals surface area contributed by atoms with E-state index in [1.54, 1.807) is 37.4 Å². The molecule has 8 nitrogen and oxygen atoms in total. The van der Waals surface area contributed by atoms with Gasteiger partial charge in [0, 0.05) is 25.5 Å². The topological polar surface area (TPSA) is 83.2 Å². The lowest BCUT2D eigenvalue weighted by atomic mass is 10.0. The number of hydrogen-bond acceptors (Lipinski definition) is 5. The maximum absolute atomic E-state index is 13.3. The van der Waals surface area contributed by atoms with Gasteiger partial charge in [0.2, 0.25) is 0 Å². The predicted molar refractivity (Wildman–Crippen MR) is 120 cm³/mol. The van der Waals surface area contributed by atoms with Crippen LogP contribution in [0.5, 0.6) is 11.5 Å². The summed E-state index contributed by atoms with van der Waals surface area (Å²) in [5, 5.41) is 7.53. The van der Waals surface area contributed by atoms with Gasteiger partial charge in [0.15, 0.2) is 0 Å². The number of aryl methyl sites for hydroxylation is 1. The molecule has 0 radical (unpaired) electrons. The van der Waals surface area contributed by atoms with E-state index in [0.29, 0.717) is 22.9 Å². The van der Waals surface area contributed by atoms with E-state index in [-0.39, 0.29) is 5.91 Å². The van der Waals surface area contributed by atoms with Crippen molar-refractivity contribution in [3.63, 3.8) is 0 Å². The number of amides is 1. The van der Waals surface area contributed by atoms with Gasteiger partial charge in [0.25, 0.3) is 5.91 Å². The van der Waals surface area contributed by atoms with Crippen LogP contribution in [-0.2, 0) is 7.05 Å². The van der Waals surface area contributed by atoms with Crippen LogP contribution >= 0.6 is 0 Å². The second kappa shape index (κ2) is 8.97. The Labute approximate surface area is 186 Å². The Hall–Kier alpha value is -4.07. The van der Waals surface area contributed by atoms with Crippen molar-refractivity contribution in [3.05, 3.63) is 89.8 Å². The average molecular weight is 431 g/mol. The highest BCUT2D eigenvalue weighted by Crippen LogP contribution is 2.30. The fraction of sp³-hybridized carbons (Fsp3) is 0.208. The number of aromatic nitrogens is 4. The second-order valence-corrected chi connectivity index (χ2v) is 7.34. The summed E-state index contributed by atoms with van der Waals surface area (Å²) in [7, 11) is 5.07. The molecule has 0 fully saturated rings. The molecule has 0 saturated heterocycles. The highest BCUT2D eigenvalue weighted by atomic mass is 16.5. The number of methoxy groups -OCH3 is 2. The quantitative estimate of drug-likeness (QED) is 0.485. The van der Waals surface area contributed by atoms with Crippen LogP contribution < -0.4 is 14.8 Å². The molecule has 1 atom stereocenters. The fourth-order valence-corrected chi connectivity index (χ4v) is 3.62. The van der Waals surface area contributed by atoms with E-state index < -0.39 is 6.04 Å². The highest BCUT2D eigenvalue weighted by molar-refractivity contribution is 5.95. The lowest BCUT2D eigenvalue weighted by Gasteiger charge is -2.20. The number of hydrogen-bond donors (Lipinski definition) is 1. The van der Waals surface area contributed by atoms with Gasteiger partial charge >= 0.3 is 0 Å². The van der Waals surface area contributed by atoms with Crippen LogP contribution in [0.15, 0.2) is 67.1 Å². The molecule has 1 amide bonds. The Bertz CT molecular complexity index is 1210. The predicted octanol–water partition coefficient (Wildman–Crippen LogP) is 3.45. The van der Waals surface area contributed by atoms with Crippen molar-refractivity contribution in [2.75, 3.05) is 14.2 Å². The van der Waals surface area contributed by atoms with E-state index in [2.05, 4.69) is 15.4 Å². The van der Waals surface area contributed by atoms with E-state index >= 15 is 0 Å². The van der Waals surface area contributed by atoms with Gasteiger partial charge in [-0.3, -0.25) is 4.79 Å². The number of nitrogens with one attached hydrogen (secondary N) is 1. The molecule has 0 aliphatic heterocycles. The Morgan fingerprint density at radius 3 is 2.34 bits per heavy atom. The molecule has 8 heteroatoms. The molecule has 0 saturated carbocycles. The number of benzene rings is 2. The summed E-state index contributed by atoms with van der Waals surface area (Å²) in [4.78, 5) is 17.8. The minimum atomic E-state index is -0.522. The van der Waals surface area contributed by atoms with Crippen molar-refractivity contribution in [2.45, 2.75) is 13.0 Å². The third-order valence-corrected chi connectivity index (χ3v) is 5.35. The van der Waals surface area contributed by atoms with Crippen LogP contribution in [-0.4, -0.2) is 39.5 Å². The van der Waals surface area contributed by atoms with Gasteiger partial charge in [-0.2, -0.15) is 5.10 Å². The minimum absolute atomic E-state index is 0.250. The molecule has 1 N–H and O–H groups in total. The van der Waals surface area contributed by atoms with Gasteiger partial charge < -0.3 is 19.4 Å². The van der Waals surface area contributed by atoms with E-state index in [1.807, 2.05) is 67.2 Å². The zero-order valence-corrected chi connectivity index (χ0v) is 18.4. The van der Waals surface area contributed by atoms with Crippen molar-refractivity contribution in [3.8, 4) is 17.2 Å². The Morgan fingerprint density at radius 1 is 1.06 bits per heavy atom. The number of para-hydroxylation sites is 1. The summed E-state index contributed by atoms with van der Waals surface area (Å²) in [5.74, 6) is 1.68. The van der Waals surface area contributed by atoms with Crippen LogP contribution in [0.25, 0.3) is 5.69 Å². The Morgan fingerprint density at radius 2 is 1.75 bits per heavy atom. The van der Waals surface area contributed by atoms with Gasteiger partial charge in [-0.05, 0) is 36.8 Å². The van der Waals surface area contributed by atoms with Crippen molar-refractivity contribution in [2.24, 2.45) is 7.05 Å². The van der Waals surface area contributed by atoms with Crippen molar-refractivity contribution >= 4 is 5.91 Å². The molecule has 2 heterocycles. The molecule has 4 aromatic rings. The molecule has 0 spiro atoms. The van der Waals surface area contributed by atoms with Crippen molar-refractivity contribution in [1.82, 2.24) is 24.6 Å². The fourth-order valence-electron chi connectivity index (χ4n) is 3.62. The number of carbonyl (C=O) groups excluding carboxylic acids is 1. The smallest absolute Gasteiger partial charge is 0.255 e. The first-order chi connectivity index (χ1) is 15.5. The summed E-state index contributed by atoms with van der Waals surface area (Å²) in [5.41, 5.74) is 2.91.